The summed E-state index contributed by atoms with van der Waals surface area (Å²) in [6.45, 7) is 0.966. The molecule has 1 atom stereocenters. The fourth-order valence-electron chi connectivity index (χ4n) is 1.92. The lowest BCUT2D eigenvalue weighted by molar-refractivity contribution is -0.108. The van der Waals surface area contributed by atoms with Crippen LogP contribution in [0.5, 0.6) is 0 Å². The molecule has 1 aliphatic rings. The summed E-state index contributed by atoms with van der Waals surface area (Å²) in [7, 11) is 0. The van der Waals surface area contributed by atoms with E-state index in [1.165, 1.54) is 0 Å². The summed E-state index contributed by atoms with van der Waals surface area (Å²) in [6.07, 6.45) is 3.09. The highest BCUT2D eigenvalue weighted by Crippen LogP contribution is 2.24. The average Bonchev–Trinajstić information content (AvgIpc) is 2.81. The normalized spacial score (nSPS) is 18.9. The molecule has 2 rings (SSSR count). The molecule has 0 aromatic heterocycles. The molecule has 0 aliphatic carbocycles. The Hall–Kier alpha value is -1.59. The third-order valence-electron chi connectivity index (χ3n) is 2.68. The van der Waals surface area contributed by atoms with E-state index in [4.69, 9.17) is 10.9 Å². The molecule has 0 amide bonds. The quantitative estimate of drug-likeness (QED) is 0.391. The number of nitrogens with two attached hydrogens (primary N) is 2. The van der Waals surface area contributed by atoms with Crippen LogP contribution >= 0.6 is 0 Å². The maximum absolute atomic E-state index is 10.8. The third kappa shape index (κ3) is 2.71. The average molecular weight is 223 g/mol. The first-order valence-electron chi connectivity index (χ1n) is 5.14. The molecule has 0 radical (unpaired) electrons. The van der Waals surface area contributed by atoms with Crippen LogP contribution < -0.4 is 16.5 Å². The first kappa shape index (κ1) is 12.5. The lowest BCUT2D eigenvalue weighted by Gasteiger charge is -2.22. The van der Waals surface area contributed by atoms with Crippen molar-refractivity contribution in [3.8, 4) is 0 Å². The van der Waals surface area contributed by atoms with Gasteiger partial charge < -0.3 is 20.6 Å². The van der Waals surface area contributed by atoms with Gasteiger partial charge in [0, 0.05) is 17.9 Å². The van der Waals surface area contributed by atoms with E-state index >= 15 is 0 Å². The molecular weight excluding hydrogens is 206 g/mol. The van der Waals surface area contributed by atoms with Gasteiger partial charge in [0.05, 0.1) is 6.04 Å². The second kappa shape index (κ2) is 6.09. The van der Waals surface area contributed by atoms with Crippen LogP contribution in [0.25, 0.3) is 0 Å². The second-order valence-electron chi connectivity index (χ2n) is 3.63. The zero-order chi connectivity index (χ0) is 12.0. The zero-order valence-electron chi connectivity index (χ0n) is 9.04. The largest absolute Gasteiger partial charge is 0.399 e. The van der Waals surface area contributed by atoms with Gasteiger partial charge in [0.2, 0.25) is 0 Å². The SMILES string of the molecule is NO.Nc1ccc(N2CCCC2C=O)cc1. The van der Waals surface area contributed by atoms with Crippen LogP contribution in [-0.4, -0.2) is 24.1 Å². The number of anilines is 2. The molecule has 1 fully saturated rings. The standard InChI is InChI=1S/C11H14N2O.H3NO/c12-9-3-5-10(6-4-9)13-7-1-2-11(13)8-14;1-2/h3-6,8,11H,1-2,7,12H2;2H,1H2. The maximum atomic E-state index is 10.8. The Morgan fingerprint density at radius 1 is 1.31 bits per heavy atom. The molecule has 0 spiro atoms. The maximum Gasteiger partial charge on any atom is 0.142 e. The number of rotatable bonds is 2. The molecule has 1 unspecified atom stereocenters. The topological polar surface area (TPSA) is 92.6 Å². The van der Waals surface area contributed by atoms with E-state index in [0.717, 1.165) is 37.0 Å². The van der Waals surface area contributed by atoms with E-state index < -0.39 is 0 Å². The molecule has 1 saturated heterocycles. The molecule has 0 saturated carbocycles. The lowest BCUT2D eigenvalue weighted by Crippen LogP contribution is -2.30. The monoisotopic (exact) mass is 223 g/mol. The smallest absolute Gasteiger partial charge is 0.142 e. The minimum absolute atomic E-state index is 0.0543. The fourth-order valence-corrected chi connectivity index (χ4v) is 1.92. The Balaban J connectivity index is 0.000000606. The van der Waals surface area contributed by atoms with Crippen molar-refractivity contribution < 1.29 is 10.0 Å². The van der Waals surface area contributed by atoms with Gasteiger partial charge in [-0.1, -0.05) is 0 Å². The molecule has 5 nitrogen and oxygen atoms in total. The molecule has 5 heteroatoms. The summed E-state index contributed by atoms with van der Waals surface area (Å²) in [5, 5.41) is 6.50. The van der Waals surface area contributed by atoms with Crippen LogP contribution in [0.3, 0.4) is 0 Å². The van der Waals surface area contributed by atoms with Crippen LogP contribution in [0, 0.1) is 0 Å². The number of carbonyl (C=O) groups excluding carboxylic acids is 1. The van der Waals surface area contributed by atoms with Gasteiger partial charge in [-0.15, -0.1) is 0 Å². The molecule has 16 heavy (non-hydrogen) atoms. The number of hydrogen-bond donors (Lipinski definition) is 3. The van der Waals surface area contributed by atoms with Crippen LogP contribution in [-0.2, 0) is 4.79 Å². The Morgan fingerprint density at radius 3 is 2.50 bits per heavy atom. The van der Waals surface area contributed by atoms with Crippen LogP contribution in [0.1, 0.15) is 12.8 Å². The van der Waals surface area contributed by atoms with Gasteiger partial charge in [-0.25, -0.2) is 5.90 Å². The van der Waals surface area contributed by atoms with Crippen molar-refractivity contribution in [2.75, 3.05) is 17.2 Å². The first-order valence-corrected chi connectivity index (χ1v) is 5.14. The molecule has 1 heterocycles. The summed E-state index contributed by atoms with van der Waals surface area (Å²) < 4.78 is 0. The molecule has 0 bridgehead atoms. The van der Waals surface area contributed by atoms with Gasteiger partial charge >= 0.3 is 0 Å². The van der Waals surface area contributed by atoms with E-state index in [1.807, 2.05) is 24.3 Å². The molecule has 1 aromatic carbocycles. The predicted octanol–water partition coefficient (Wildman–Crippen LogP) is 0.771. The number of aldehydes is 1. The second-order valence-corrected chi connectivity index (χ2v) is 3.63. The number of carbonyl (C=O) groups is 1. The molecule has 5 N–H and O–H groups in total. The molecule has 88 valence electrons. The van der Waals surface area contributed by atoms with Gasteiger partial charge in [-0.2, -0.15) is 0 Å². The van der Waals surface area contributed by atoms with Crippen LogP contribution in [0.2, 0.25) is 0 Å². The number of nitrogen functional groups attached to an aromatic ring is 1. The van der Waals surface area contributed by atoms with E-state index in [2.05, 4.69) is 10.8 Å². The number of hydrogen-bond acceptors (Lipinski definition) is 5. The molecule has 1 aromatic rings. The van der Waals surface area contributed by atoms with Gasteiger partial charge in [0.1, 0.15) is 6.29 Å². The summed E-state index contributed by atoms with van der Waals surface area (Å²) in [6, 6.07) is 7.73. The summed E-state index contributed by atoms with van der Waals surface area (Å²) in [5.41, 5.74) is 7.46. The van der Waals surface area contributed by atoms with Crippen LogP contribution in [0.4, 0.5) is 11.4 Å². The van der Waals surface area contributed by atoms with E-state index in [-0.39, 0.29) is 6.04 Å². The Morgan fingerprint density at radius 2 is 1.94 bits per heavy atom. The van der Waals surface area contributed by atoms with Gasteiger partial charge in [-0.05, 0) is 37.1 Å². The Labute approximate surface area is 94.6 Å². The van der Waals surface area contributed by atoms with E-state index in [9.17, 15) is 4.79 Å². The zero-order valence-corrected chi connectivity index (χ0v) is 9.04. The predicted molar refractivity (Wildman–Crippen MR) is 63.3 cm³/mol. The van der Waals surface area contributed by atoms with Gasteiger partial charge in [0.25, 0.3) is 0 Å². The van der Waals surface area contributed by atoms with Crippen molar-refractivity contribution in [2.45, 2.75) is 18.9 Å². The Kier molecular flexibility index (Phi) is 4.75. The van der Waals surface area contributed by atoms with Crippen molar-refractivity contribution in [3.05, 3.63) is 24.3 Å². The molecular formula is C11H17N3O2. The highest BCUT2D eigenvalue weighted by Gasteiger charge is 2.23. The van der Waals surface area contributed by atoms with Crippen molar-refractivity contribution >= 4 is 17.7 Å². The summed E-state index contributed by atoms with van der Waals surface area (Å²) in [4.78, 5) is 12.9. The Bertz CT molecular complexity index is 327. The minimum Gasteiger partial charge on any atom is -0.399 e. The van der Waals surface area contributed by atoms with Crippen molar-refractivity contribution in [1.29, 1.82) is 0 Å². The van der Waals surface area contributed by atoms with Crippen molar-refractivity contribution in [1.82, 2.24) is 0 Å². The first-order chi connectivity index (χ1) is 7.81. The van der Waals surface area contributed by atoms with Crippen molar-refractivity contribution in [3.63, 3.8) is 0 Å². The van der Waals surface area contributed by atoms with Gasteiger partial charge in [-0.3, -0.25) is 0 Å². The number of benzene rings is 1. The minimum atomic E-state index is 0.0543. The highest BCUT2D eigenvalue weighted by molar-refractivity contribution is 5.68. The van der Waals surface area contributed by atoms with Crippen LogP contribution in [0.15, 0.2) is 24.3 Å². The molecule has 1 aliphatic heterocycles. The summed E-state index contributed by atoms with van der Waals surface area (Å²) in [5.74, 6) is 3.50. The van der Waals surface area contributed by atoms with E-state index in [0.29, 0.717) is 0 Å². The third-order valence-corrected chi connectivity index (χ3v) is 2.68. The fraction of sp³-hybridized carbons (Fsp3) is 0.364. The summed E-state index contributed by atoms with van der Waals surface area (Å²) >= 11 is 0. The van der Waals surface area contributed by atoms with E-state index in [1.54, 1.807) is 0 Å². The van der Waals surface area contributed by atoms with Gasteiger partial charge in [0.15, 0.2) is 0 Å². The van der Waals surface area contributed by atoms with Crippen molar-refractivity contribution in [2.24, 2.45) is 5.90 Å². The highest BCUT2D eigenvalue weighted by atomic mass is 16.4. The number of nitrogens with zero attached hydrogens (tertiary/aromatic N) is 1. The lowest BCUT2D eigenvalue weighted by atomic mass is 10.2.